The van der Waals surface area contributed by atoms with E-state index in [1.807, 2.05) is 0 Å². The zero-order chi connectivity index (χ0) is 13.5. The van der Waals surface area contributed by atoms with Gasteiger partial charge in [-0.15, -0.1) is 0 Å². The molecule has 5 heteroatoms. The SMILES string of the molecule is CO[C@H]1CS(=O)(=O)C[C@@H]1NC1Cc2ccccc2C1. The number of methoxy groups -OCH3 is 1. The fourth-order valence-electron chi connectivity index (χ4n) is 3.18. The average molecular weight is 281 g/mol. The monoisotopic (exact) mass is 281 g/mol. The van der Waals surface area contributed by atoms with E-state index >= 15 is 0 Å². The summed E-state index contributed by atoms with van der Waals surface area (Å²) in [5.74, 6) is 0.333. The third kappa shape index (κ3) is 2.68. The van der Waals surface area contributed by atoms with Crippen LogP contribution in [0.25, 0.3) is 0 Å². The second-order valence-corrected chi connectivity index (χ2v) is 7.65. The van der Waals surface area contributed by atoms with Gasteiger partial charge in [-0.1, -0.05) is 24.3 Å². The molecule has 1 fully saturated rings. The van der Waals surface area contributed by atoms with Gasteiger partial charge in [0.2, 0.25) is 0 Å². The zero-order valence-electron chi connectivity index (χ0n) is 11.0. The number of benzene rings is 1. The van der Waals surface area contributed by atoms with Crippen LogP contribution in [0.3, 0.4) is 0 Å². The summed E-state index contributed by atoms with van der Waals surface area (Å²) < 4.78 is 28.7. The summed E-state index contributed by atoms with van der Waals surface area (Å²) in [6.07, 6.45) is 1.74. The second-order valence-electron chi connectivity index (χ2n) is 5.50. The molecular weight excluding hydrogens is 262 g/mol. The first kappa shape index (κ1) is 13.1. The van der Waals surface area contributed by atoms with Crippen molar-refractivity contribution < 1.29 is 13.2 Å². The Kier molecular flexibility index (Phi) is 3.37. The van der Waals surface area contributed by atoms with Crippen molar-refractivity contribution in [1.29, 1.82) is 0 Å². The molecule has 1 aliphatic carbocycles. The van der Waals surface area contributed by atoms with E-state index in [-0.39, 0.29) is 23.7 Å². The Hall–Kier alpha value is -0.910. The fourth-order valence-corrected chi connectivity index (χ4v) is 5.05. The van der Waals surface area contributed by atoms with Gasteiger partial charge in [0.05, 0.1) is 17.6 Å². The summed E-state index contributed by atoms with van der Waals surface area (Å²) in [6, 6.07) is 8.66. The highest BCUT2D eigenvalue weighted by atomic mass is 32.2. The van der Waals surface area contributed by atoms with Gasteiger partial charge in [-0.2, -0.15) is 0 Å². The molecule has 4 nitrogen and oxygen atoms in total. The minimum absolute atomic E-state index is 0.0747. The van der Waals surface area contributed by atoms with Crippen molar-refractivity contribution in [3.8, 4) is 0 Å². The lowest BCUT2D eigenvalue weighted by Crippen LogP contribution is -2.46. The van der Waals surface area contributed by atoms with Crippen molar-refractivity contribution in [3.05, 3.63) is 35.4 Å². The van der Waals surface area contributed by atoms with E-state index in [1.54, 1.807) is 7.11 Å². The van der Waals surface area contributed by atoms with Crippen LogP contribution in [0.5, 0.6) is 0 Å². The molecule has 0 spiro atoms. The van der Waals surface area contributed by atoms with E-state index in [1.165, 1.54) is 11.1 Å². The summed E-state index contributed by atoms with van der Waals surface area (Å²) in [5.41, 5.74) is 2.74. The van der Waals surface area contributed by atoms with Crippen LogP contribution in [0.15, 0.2) is 24.3 Å². The van der Waals surface area contributed by atoms with E-state index in [9.17, 15) is 8.42 Å². The summed E-state index contributed by atoms with van der Waals surface area (Å²) in [4.78, 5) is 0. The van der Waals surface area contributed by atoms with Crippen LogP contribution in [0.4, 0.5) is 0 Å². The molecule has 0 unspecified atom stereocenters. The Balaban J connectivity index is 1.68. The molecule has 1 heterocycles. The molecule has 1 aromatic carbocycles. The number of fused-ring (bicyclic) bond motifs is 1. The Morgan fingerprint density at radius 3 is 2.37 bits per heavy atom. The molecule has 104 valence electrons. The summed E-state index contributed by atoms with van der Waals surface area (Å²) in [5, 5.41) is 3.48. The maximum atomic E-state index is 11.7. The topological polar surface area (TPSA) is 55.4 Å². The molecule has 1 N–H and O–H groups in total. The van der Waals surface area contributed by atoms with Gasteiger partial charge in [-0.3, -0.25) is 0 Å². The summed E-state index contributed by atoms with van der Waals surface area (Å²) >= 11 is 0. The molecule has 3 rings (SSSR count). The van der Waals surface area contributed by atoms with Crippen molar-refractivity contribution in [1.82, 2.24) is 5.32 Å². The van der Waals surface area contributed by atoms with Crippen LogP contribution in [0.2, 0.25) is 0 Å². The van der Waals surface area contributed by atoms with Crippen molar-refractivity contribution >= 4 is 9.84 Å². The van der Waals surface area contributed by atoms with Crippen LogP contribution in [-0.4, -0.2) is 45.2 Å². The van der Waals surface area contributed by atoms with Crippen LogP contribution >= 0.6 is 0 Å². The van der Waals surface area contributed by atoms with Crippen LogP contribution in [0, 0.1) is 0 Å². The summed E-state index contributed by atoms with van der Waals surface area (Å²) in [6.45, 7) is 0. The number of rotatable bonds is 3. The van der Waals surface area contributed by atoms with Gasteiger partial charge in [0.25, 0.3) is 0 Å². The molecule has 1 saturated heterocycles. The fraction of sp³-hybridized carbons (Fsp3) is 0.571. The Labute approximate surface area is 114 Å². The van der Waals surface area contributed by atoms with Crippen molar-refractivity contribution in [3.63, 3.8) is 0 Å². The highest BCUT2D eigenvalue weighted by Crippen LogP contribution is 2.24. The maximum Gasteiger partial charge on any atom is 0.154 e. The first-order chi connectivity index (χ1) is 9.07. The Bertz CT molecular complexity index is 545. The van der Waals surface area contributed by atoms with Gasteiger partial charge in [0.1, 0.15) is 0 Å². The highest BCUT2D eigenvalue weighted by Gasteiger charge is 2.39. The van der Waals surface area contributed by atoms with Gasteiger partial charge in [0, 0.05) is 19.2 Å². The molecule has 0 bridgehead atoms. The largest absolute Gasteiger partial charge is 0.379 e. The molecule has 1 aromatic rings. The zero-order valence-corrected chi connectivity index (χ0v) is 11.8. The standard InChI is InChI=1S/C14H19NO3S/c1-18-14-9-19(16,17)8-13(14)15-12-6-10-4-2-3-5-11(10)7-12/h2-5,12-15H,6-9H2,1H3/t13-,14-/m0/s1. The van der Waals surface area contributed by atoms with Crippen molar-refractivity contribution in [2.45, 2.75) is 31.0 Å². The van der Waals surface area contributed by atoms with E-state index in [2.05, 4.69) is 29.6 Å². The molecule has 19 heavy (non-hydrogen) atoms. The molecule has 0 saturated carbocycles. The highest BCUT2D eigenvalue weighted by molar-refractivity contribution is 7.91. The quantitative estimate of drug-likeness (QED) is 0.879. The number of hydrogen-bond acceptors (Lipinski definition) is 4. The first-order valence-electron chi connectivity index (χ1n) is 6.63. The molecule has 0 aromatic heterocycles. The minimum atomic E-state index is -2.95. The van der Waals surface area contributed by atoms with E-state index in [0.29, 0.717) is 6.04 Å². The molecule has 2 atom stereocenters. The Morgan fingerprint density at radius 1 is 1.16 bits per heavy atom. The Morgan fingerprint density at radius 2 is 1.79 bits per heavy atom. The predicted octanol–water partition coefficient (Wildman–Crippen LogP) is 0.555. The van der Waals surface area contributed by atoms with Gasteiger partial charge in [-0.25, -0.2) is 8.42 Å². The second kappa shape index (κ2) is 4.89. The van der Waals surface area contributed by atoms with Gasteiger partial charge >= 0.3 is 0 Å². The normalized spacial score (nSPS) is 29.5. The third-order valence-electron chi connectivity index (χ3n) is 4.10. The molecule has 0 amide bonds. The third-order valence-corrected chi connectivity index (χ3v) is 5.81. The number of nitrogens with one attached hydrogen (secondary N) is 1. The molecule has 0 radical (unpaired) electrons. The van der Waals surface area contributed by atoms with Crippen molar-refractivity contribution in [2.24, 2.45) is 0 Å². The van der Waals surface area contributed by atoms with Crippen LogP contribution < -0.4 is 5.32 Å². The smallest absolute Gasteiger partial charge is 0.154 e. The van der Waals surface area contributed by atoms with Crippen LogP contribution in [0.1, 0.15) is 11.1 Å². The maximum absolute atomic E-state index is 11.7. The minimum Gasteiger partial charge on any atom is -0.379 e. The lowest BCUT2D eigenvalue weighted by Gasteiger charge is -2.22. The van der Waals surface area contributed by atoms with Gasteiger partial charge in [-0.05, 0) is 24.0 Å². The van der Waals surface area contributed by atoms with Gasteiger partial charge < -0.3 is 10.1 Å². The van der Waals surface area contributed by atoms with Crippen LogP contribution in [-0.2, 0) is 27.4 Å². The first-order valence-corrected chi connectivity index (χ1v) is 8.45. The average Bonchev–Trinajstić information content (AvgIpc) is 2.89. The van der Waals surface area contributed by atoms with E-state index < -0.39 is 9.84 Å². The number of sulfone groups is 1. The summed E-state index contributed by atoms with van der Waals surface area (Å²) in [7, 11) is -1.37. The van der Waals surface area contributed by atoms with E-state index in [0.717, 1.165) is 12.8 Å². The molecule has 2 aliphatic rings. The van der Waals surface area contributed by atoms with Crippen molar-refractivity contribution in [2.75, 3.05) is 18.6 Å². The lowest BCUT2D eigenvalue weighted by atomic mass is 10.1. The number of ether oxygens (including phenoxy) is 1. The number of hydrogen-bond donors (Lipinski definition) is 1. The van der Waals surface area contributed by atoms with Gasteiger partial charge in [0.15, 0.2) is 9.84 Å². The predicted molar refractivity (Wildman–Crippen MR) is 74.0 cm³/mol. The molecular formula is C14H19NO3S. The lowest BCUT2D eigenvalue weighted by molar-refractivity contribution is 0.0952. The molecule has 1 aliphatic heterocycles. The van der Waals surface area contributed by atoms with E-state index in [4.69, 9.17) is 4.74 Å².